The molecule has 0 saturated carbocycles. The van der Waals surface area contributed by atoms with Crippen molar-refractivity contribution >= 4 is 18.7 Å². The molecule has 0 aromatic heterocycles. The largest absolute Gasteiger partial charge is 0.405 e. The predicted molar refractivity (Wildman–Crippen MR) is 118 cm³/mol. The van der Waals surface area contributed by atoms with Crippen molar-refractivity contribution in [1.82, 2.24) is 0 Å². The van der Waals surface area contributed by atoms with Crippen LogP contribution >= 0.6 is 0 Å². The van der Waals surface area contributed by atoms with Crippen LogP contribution in [0.15, 0.2) is 60.7 Å². The SMILES string of the molecule is CC1(C)O[C@@H]2[C@H](CO[Si](c3ccccc3)(c3ccccc3)C(C)(C)C)OC(O)[C@@H]2O1. The Kier molecular flexibility index (Phi) is 5.68. The van der Waals surface area contributed by atoms with Gasteiger partial charge in [0.25, 0.3) is 8.32 Å². The molecule has 30 heavy (non-hydrogen) atoms. The maximum Gasteiger partial charge on any atom is 0.261 e. The number of benzene rings is 2. The van der Waals surface area contributed by atoms with Gasteiger partial charge in [-0.15, -0.1) is 0 Å². The minimum Gasteiger partial charge on any atom is -0.405 e. The van der Waals surface area contributed by atoms with Crippen LogP contribution < -0.4 is 10.4 Å². The Morgan fingerprint density at radius 2 is 1.40 bits per heavy atom. The first kappa shape index (κ1) is 21.7. The summed E-state index contributed by atoms with van der Waals surface area (Å²) in [4.78, 5) is 0. The second kappa shape index (κ2) is 7.86. The zero-order valence-electron chi connectivity index (χ0n) is 18.4. The van der Waals surface area contributed by atoms with Gasteiger partial charge in [0.15, 0.2) is 12.1 Å². The Morgan fingerprint density at radius 1 is 0.900 bits per heavy atom. The maximum atomic E-state index is 10.4. The Morgan fingerprint density at radius 3 is 1.90 bits per heavy atom. The summed E-state index contributed by atoms with van der Waals surface area (Å²) in [5, 5.41) is 12.6. The van der Waals surface area contributed by atoms with Crippen LogP contribution in [-0.4, -0.2) is 50.4 Å². The molecular formula is C24H32O5Si. The van der Waals surface area contributed by atoms with Gasteiger partial charge in [-0.05, 0) is 29.3 Å². The van der Waals surface area contributed by atoms with Crippen LogP contribution in [-0.2, 0) is 18.6 Å². The number of rotatable bonds is 5. The Labute approximate surface area is 180 Å². The molecule has 2 fully saturated rings. The third-order valence-corrected chi connectivity index (χ3v) is 11.0. The van der Waals surface area contributed by atoms with E-state index >= 15 is 0 Å². The molecule has 0 amide bonds. The first-order valence-corrected chi connectivity index (χ1v) is 12.5. The Hall–Kier alpha value is -1.54. The summed E-state index contributed by atoms with van der Waals surface area (Å²) < 4.78 is 24.6. The predicted octanol–water partition coefficient (Wildman–Crippen LogP) is 2.80. The molecule has 0 radical (unpaired) electrons. The molecule has 4 rings (SSSR count). The van der Waals surface area contributed by atoms with E-state index in [1.807, 2.05) is 26.0 Å². The second-order valence-corrected chi connectivity index (χ2v) is 13.9. The van der Waals surface area contributed by atoms with Crippen LogP contribution in [0.5, 0.6) is 0 Å². The van der Waals surface area contributed by atoms with Crippen molar-refractivity contribution in [3.8, 4) is 0 Å². The fourth-order valence-electron chi connectivity index (χ4n) is 4.76. The first-order chi connectivity index (χ1) is 14.1. The van der Waals surface area contributed by atoms with E-state index in [0.29, 0.717) is 6.61 Å². The van der Waals surface area contributed by atoms with Crippen LogP contribution in [0, 0.1) is 0 Å². The Bertz CT molecular complexity index is 809. The quantitative estimate of drug-likeness (QED) is 0.742. The summed E-state index contributed by atoms with van der Waals surface area (Å²) in [5.41, 5.74) is 0. The van der Waals surface area contributed by atoms with Crippen LogP contribution in [0.4, 0.5) is 0 Å². The third-order valence-electron chi connectivity index (χ3n) is 6.01. The van der Waals surface area contributed by atoms with E-state index in [0.717, 1.165) is 0 Å². The normalized spacial score (nSPS) is 28.5. The van der Waals surface area contributed by atoms with Gasteiger partial charge in [0.05, 0.1) is 6.61 Å². The topological polar surface area (TPSA) is 57.2 Å². The summed E-state index contributed by atoms with van der Waals surface area (Å²) in [7, 11) is -2.68. The highest BCUT2D eigenvalue weighted by atomic mass is 28.4. The minimum absolute atomic E-state index is 0.126. The summed E-state index contributed by atoms with van der Waals surface area (Å²) in [6.45, 7) is 10.8. The lowest BCUT2D eigenvalue weighted by Crippen LogP contribution is -2.67. The summed E-state index contributed by atoms with van der Waals surface area (Å²) >= 11 is 0. The van der Waals surface area contributed by atoms with Gasteiger partial charge in [0.1, 0.15) is 18.3 Å². The van der Waals surface area contributed by atoms with Crippen LogP contribution in [0.3, 0.4) is 0 Å². The van der Waals surface area contributed by atoms with Crippen molar-refractivity contribution in [2.45, 2.75) is 70.0 Å². The standard InChI is InChI=1S/C24H32O5Si/c1-23(2,3)30(17-12-8-6-9-13-17,18-14-10-7-11-15-18)26-16-19-20-21(22(25)27-19)29-24(4,5)28-20/h6-15,19-22,25H,16H2,1-5H3/t19-,20+,21+,22?/m0/s1. The lowest BCUT2D eigenvalue weighted by atomic mass is 10.1. The average Bonchev–Trinajstić information content (AvgIpc) is 3.17. The molecule has 5 nitrogen and oxygen atoms in total. The highest BCUT2D eigenvalue weighted by molar-refractivity contribution is 6.99. The fourth-order valence-corrected chi connectivity index (χ4v) is 9.33. The number of ether oxygens (including phenoxy) is 3. The molecule has 2 aliphatic rings. The molecule has 1 unspecified atom stereocenters. The van der Waals surface area contributed by atoms with E-state index in [1.54, 1.807) is 0 Å². The minimum atomic E-state index is -2.68. The maximum absolute atomic E-state index is 10.4. The van der Waals surface area contributed by atoms with Gasteiger partial charge >= 0.3 is 0 Å². The van der Waals surface area contributed by atoms with Gasteiger partial charge in [0.2, 0.25) is 0 Å². The number of aliphatic hydroxyl groups is 1. The van der Waals surface area contributed by atoms with Crippen LogP contribution in [0.2, 0.25) is 5.04 Å². The van der Waals surface area contributed by atoms with Crippen LogP contribution in [0.1, 0.15) is 34.6 Å². The molecule has 1 N–H and O–H groups in total. The van der Waals surface area contributed by atoms with E-state index in [2.05, 4.69) is 69.3 Å². The second-order valence-electron chi connectivity index (χ2n) is 9.60. The van der Waals surface area contributed by atoms with Gasteiger partial charge in [0, 0.05) is 0 Å². The molecule has 4 atom stereocenters. The smallest absolute Gasteiger partial charge is 0.261 e. The molecule has 2 saturated heterocycles. The molecule has 6 heteroatoms. The molecule has 2 heterocycles. The molecule has 2 aliphatic heterocycles. The van der Waals surface area contributed by atoms with Gasteiger partial charge in [-0.25, -0.2) is 0 Å². The van der Waals surface area contributed by atoms with Gasteiger partial charge in [-0.1, -0.05) is 81.4 Å². The summed E-state index contributed by atoms with van der Waals surface area (Å²) in [6, 6.07) is 21.0. The highest BCUT2D eigenvalue weighted by Crippen LogP contribution is 2.40. The summed E-state index contributed by atoms with van der Waals surface area (Å²) in [5.74, 6) is -0.740. The van der Waals surface area contributed by atoms with Crippen molar-refractivity contribution in [3.05, 3.63) is 60.7 Å². The van der Waals surface area contributed by atoms with E-state index in [1.165, 1.54) is 10.4 Å². The van der Waals surface area contributed by atoms with Gasteiger partial charge < -0.3 is 23.7 Å². The third kappa shape index (κ3) is 3.77. The number of hydrogen-bond donors (Lipinski definition) is 1. The van der Waals surface area contributed by atoms with Crippen molar-refractivity contribution < 1.29 is 23.7 Å². The number of fused-ring (bicyclic) bond motifs is 1. The molecule has 0 spiro atoms. The van der Waals surface area contributed by atoms with E-state index < -0.39 is 32.6 Å². The van der Waals surface area contributed by atoms with Crippen LogP contribution in [0.25, 0.3) is 0 Å². The highest BCUT2D eigenvalue weighted by Gasteiger charge is 2.56. The lowest BCUT2D eigenvalue weighted by molar-refractivity contribution is -0.222. The van der Waals surface area contributed by atoms with E-state index in [9.17, 15) is 5.11 Å². The van der Waals surface area contributed by atoms with Crippen molar-refractivity contribution in [2.75, 3.05) is 6.61 Å². The first-order valence-electron chi connectivity index (χ1n) is 10.6. The molecule has 0 aliphatic carbocycles. The number of hydrogen-bond acceptors (Lipinski definition) is 5. The molecule has 2 aromatic rings. The molecule has 162 valence electrons. The number of aliphatic hydroxyl groups excluding tert-OH is 1. The monoisotopic (exact) mass is 428 g/mol. The Balaban J connectivity index is 1.69. The molecular weight excluding hydrogens is 396 g/mol. The average molecular weight is 429 g/mol. The van der Waals surface area contributed by atoms with Crippen molar-refractivity contribution in [1.29, 1.82) is 0 Å². The van der Waals surface area contributed by atoms with Gasteiger partial charge in [-0.2, -0.15) is 0 Å². The van der Waals surface area contributed by atoms with E-state index in [4.69, 9.17) is 18.6 Å². The van der Waals surface area contributed by atoms with Crippen molar-refractivity contribution in [3.63, 3.8) is 0 Å². The zero-order valence-corrected chi connectivity index (χ0v) is 19.4. The molecule has 0 bridgehead atoms. The van der Waals surface area contributed by atoms with E-state index in [-0.39, 0.29) is 11.1 Å². The zero-order chi connectivity index (χ0) is 21.6. The summed E-state index contributed by atoms with van der Waals surface area (Å²) in [6.07, 6.45) is -2.25. The lowest BCUT2D eigenvalue weighted by Gasteiger charge is -2.43. The molecule has 2 aromatic carbocycles. The van der Waals surface area contributed by atoms with Crippen molar-refractivity contribution in [2.24, 2.45) is 0 Å². The fraction of sp³-hybridized carbons (Fsp3) is 0.500. The van der Waals surface area contributed by atoms with Gasteiger partial charge in [-0.3, -0.25) is 0 Å².